The van der Waals surface area contributed by atoms with Crippen molar-refractivity contribution in [3.8, 4) is 6.07 Å². The summed E-state index contributed by atoms with van der Waals surface area (Å²) in [7, 11) is 0. The van der Waals surface area contributed by atoms with Crippen LogP contribution >= 0.6 is 15.9 Å². The lowest BCUT2D eigenvalue weighted by molar-refractivity contribution is -0.118. The van der Waals surface area contributed by atoms with Crippen LogP contribution in [0.4, 0.5) is 0 Å². The number of carbonyl (C=O) groups excluding carboxylic acids is 1. The Kier molecular flexibility index (Phi) is 4.06. The second-order valence-electron chi connectivity index (χ2n) is 1.60. The molecule has 0 saturated heterocycles. The number of alkyl halides is 1. The first-order valence-corrected chi connectivity index (χ1v) is 3.40. The van der Waals surface area contributed by atoms with Gasteiger partial charge in [-0.05, 0) is 6.42 Å². The maximum atomic E-state index is 10.1. The van der Waals surface area contributed by atoms with Gasteiger partial charge in [0.05, 0.1) is 6.07 Å². The summed E-state index contributed by atoms with van der Waals surface area (Å²) in [6.45, 7) is 0. The van der Waals surface area contributed by atoms with Crippen molar-refractivity contribution >= 4 is 21.8 Å². The number of nitriles is 1. The van der Waals surface area contributed by atoms with E-state index in [1.54, 1.807) is 0 Å². The molecule has 0 aliphatic rings. The molecule has 50 valence electrons. The van der Waals surface area contributed by atoms with Crippen molar-refractivity contribution < 1.29 is 4.79 Å². The minimum absolute atomic E-state index is 0.245. The fraction of sp³-hybridized carbons (Fsp3) is 0.600. The summed E-state index contributed by atoms with van der Waals surface area (Å²) in [5.74, 6) is -0.366. The van der Waals surface area contributed by atoms with Gasteiger partial charge in [0.2, 0.25) is 5.91 Å². The summed E-state index contributed by atoms with van der Waals surface area (Å²) < 4.78 is 0. The molecule has 2 N–H and O–H groups in total. The molecule has 1 unspecified atom stereocenters. The van der Waals surface area contributed by atoms with Gasteiger partial charge in [-0.2, -0.15) is 5.26 Å². The summed E-state index contributed by atoms with van der Waals surface area (Å²) in [5.41, 5.74) is 4.83. The van der Waals surface area contributed by atoms with Gasteiger partial charge in [-0.15, -0.1) is 0 Å². The topological polar surface area (TPSA) is 66.9 Å². The van der Waals surface area contributed by atoms with E-state index in [4.69, 9.17) is 11.0 Å². The third kappa shape index (κ3) is 5.31. The van der Waals surface area contributed by atoms with Gasteiger partial charge in [0.25, 0.3) is 0 Å². The number of hydrogen-bond donors (Lipinski definition) is 1. The SMILES string of the molecule is N#CC(Br)CCC(N)=O. The summed E-state index contributed by atoms with van der Waals surface area (Å²) >= 11 is 3.04. The zero-order valence-electron chi connectivity index (χ0n) is 4.80. The smallest absolute Gasteiger partial charge is 0.217 e. The first kappa shape index (κ1) is 8.44. The van der Waals surface area contributed by atoms with Crippen molar-refractivity contribution in [1.82, 2.24) is 0 Å². The Bertz CT molecular complexity index is 140. The Hall–Kier alpha value is -0.560. The summed E-state index contributed by atoms with van der Waals surface area (Å²) in [5, 5.41) is 8.20. The molecular weight excluding hydrogens is 184 g/mol. The van der Waals surface area contributed by atoms with Crippen LogP contribution in [0.1, 0.15) is 12.8 Å². The summed E-state index contributed by atoms with van der Waals surface area (Å²) in [4.78, 5) is 9.87. The highest BCUT2D eigenvalue weighted by atomic mass is 79.9. The van der Waals surface area contributed by atoms with Crippen molar-refractivity contribution in [2.24, 2.45) is 5.73 Å². The van der Waals surface area contributed by atoms with Crippen LogP contribution in [0.5, 0.6) is 0 Å². The summed E-state index contributed by atoms with van der Waals surface area (Å²) in [6.07, 6.45) is 0.759. The van der Waals surface area contributed by atoms with Gasteiger partial charge in [0, 0.05) is 6.42 Å². The van der Waals surface area contributed by atoms with Crippen LogP contribution < -0.4 is 5.73 Å². The minimum atomic E-state index is -0.366. The first-order chi connectivity index (χ1) is 4.16. The average molecular weight is 191 g/mol. The summed E-state index contributed by atoms with van der Waals surface area (Å²) in [6, 6.07) is 1.93. The third-order valence-corrected chi connectivity index (χ3v) is 1.45. The Morgan fingerprint density at radius 1 is 1.89 bits per heavy atom. The highest BCUT2D eigenvalue weighted by Crippen LogP contribution is 2.04. The number of nitrogens with zero attached hydrogens (tertiary/aromatic N) is 1. The molecule has 1 atom stereocenters. The van der Waals surface area contributed by atoms with E-state index in [-0.39, 0.29) is 17.2 Å². The lowest BCUT2D eigenvalue weighted by Gasteiger charge is -1.94. The predicted molar refractivity (Wildman–Crippen MR) is 36.8 cm³/mol. The van der Waals surface area contributed by atoms with Crippen molar-refractivity contribution in [3.63, 3.8) is 0 Å². The Labute approximate surface area is 62.0 Å². The van der Waals surface area contributed by atoms with Gasteiger partial charge < -0.3 is 5.73 Å². The van der Waals surface area contributed by atoms with E-state index >= 15 is 0 Å². The second kappa shape index (κ2) is 4.33. The minimum Gasteiger partial charge on any atom is -0.370 e. The van der Waals surface area contributed by atoms with E-state index in [9.17, 15) is 4.79 Å². The van der Waals surface area contributed by atoms with E-state index < -0.39 is 0 Å². The first-order valence-electron chi connectivity index (χ1n) is 2.49. The van der Waals surface area contributed by atoms with Crippen LogP contribution in [-0.4, -0.2) is 10.7 Å². The molecule has 0 aliphatic heterocycles. The lowest BCUT2D eigenvalue weighted by atomic mass is 10.2. The van der Waals surface area contributed by atoms with Crippen molar-refractivity contribution in [2.45, 2.75) is 17.7 Å². The average Bonchev–Trinajstić information content (AvgIpc) is 1.83. The van der Waals surface area contributed by atoms with E-state index in [0.29, 0.717) is 6.42 Å². The number of primary amides is 1. The standard InChI is InChI=1S/C5H7BrN2O/c6-4(3-7)1-2-5(8)9/h4H,1-2H2,(H2,8,9). The van der Waals surface area contributed by atoms with Crippen LogP contribution in [0.25, 0.3) is 0 Å². The van der Waals surface area contributed by atoms with Crippen molar-refractivity contribution in [1.29, 1.82) is 5.26 Å². The Morgan fingerprint density at radius 3 is 2.78 bits per heavy atom. The van der Waals surface area contributed by atoms with Gasteiger partial charge >= 0.3 is 0 Å². The molecule has 9 heavy (non-hydrogen) atoms. The monoisotopic (exact) mass is 190 g/mol. The van der Waals surface area contributed by atoms with E-state index in [1.807, 2.05) is 6.07 Å². The molecule has 0 aromatic heterocycles. The van der Waals surface area contributed by atoms with Gasteiger partial charge in [0.1, 0.15) is 4.83 Å². The predicted octanol–water partition coefficient (Wildman–Crippen LogP) is 0.539. The van der Waals surface area contributed by atoms with Crippen LogP contribution in [0.2, 0.25) is 0 Å². The molecule has 1 amide bonds. The number of rotatable bonds is 3. The Balaban J connectivity index is 3.30. The highest BCUT2D eigenvalue weighted by molar-refractivity contribution is 9.09. The van der Waals surface area contributed by atoms with Gasteiger partial charge in [0.15, 0.2) is 0 Å². The molecule has 0 aliphatic carbocycles. The molecule has 0 fully saturated rings. The van der Waals surface area contributed by atoms with E-state index in [2.05, 4.69) is 15.9 Å². The molecule has 0 bridgehead atoms. The fourth-order valence-electron chi connectivity index (χ4n) is 0.334. The lowest BCUT2D eigenvalue weighted by Crippen LogP contribution is -2.11. The van der Waals surface area contributed by atoms with Gasteiger partial charge in [-0.3, -0.25) is 4.79 Å². The van der Waals surface area contributed by atoms with E-state index in [0.717, 1.165) is 0 Å². The third-order valence-electron chi connectivity index (χ3n) is 0.784. The number of nitrogens with two attached hydrogens (primary N) is 1. The van der Waals surface area contributed by atoms with E-state index in [1.165, 1.54) is 0 Å². The largest absolute Gasteiger partial charge is 0.370 e. The highest BCUT2D eigenvalue weighted by Gasteiger charge is 2.02. The Morgan fingerprint density at radius 2 is 2.44 bits per heavy atom. The number of amides is 1. The molecule has 0 radical (unpaired) electrons. The maximum Gasteiger partial charge on any atom is 0.217 e. The number of halogens is 1. The van der Waals surface area contributed by atoms with Crippen molar-refractivity contribution in [3.05, 3.63) is 0 Å². The molecular formula is C5H7BrN2O. The quantitative estimate of drug-likeness (QED) is 0.661. The fourth-order valence-corrected chi connectivity index (χ4v) is 0.562. The van der Waals surface area contributed by atoms with Crippen molar-refractivity contribution in [2.75, 3.05) is 0 Å². The van der Waals surface area contributed by atoms with Gasteiger partial charge in [-0.25, -0.2) is 0 Å². The van der Waals surface area contributed by atoms with Gasteiger partial charge in [-0.1, -0.05) is 15.9 Å². The molecule has 0 rings (SSSR count). The molecule has 4 heteroatoms. The normalized spacial score (nSPS) is 12.0. The number of hydrogen-bond acceptors (Lipinski definition) is 2. The van der Waals surface area contributed by atoms with Crippen LogP contribution in [0, 0.1) is 11.3 Å². The van der Waals surface area contributed by atoms with Crippen LogP contribution in [-0.2, 0) is 4.79 Å². The van der Waals surface area contributed by atoms with Crippen LogP contribution in [0.15, 0.2) is 0 Å². The molecule has 0 spiro atoms. The number of carbonyl (C=O) groups is 1. The molecule has 0 aromatic rings. The maximum absolute atomic E-state index is 10.1. The molecule has 0 aromatic carbocycles. The zero-order chi connectivity index (χ0) is 7.28. The molecule has 3 nitrogen and oxygen atoms in total. The second-order valence-corrected chi connectivity index (χ2v) is 2.71. The zero-order valence-corrected chi connectivity index (χ0v) is 6.39. The molecule has 0 saturated carbocycles. The van der Waals surface area contributed by atoms with Crippen LogP contribution in [0.3, 0.4) is 0 Å². The molecule has 0 heterocycles.